The van der Waals surface area contributed by atoms with Gasteiger partial charge in [0, 0.05) is 18.3 Å². The predicted octanol–water partition coefficient (Wildman–Crippen LogP) is 4.54. The van der Waals surface area contributed by atoms with Crippen LogP contribution in [0.25, 0.3) is 10.9 Å². The van der Waals surface area contributed by atoms with Crippen LogP contribution >= 0.6 is 23.2 Å². The third-order valence-electron chi connectivity index (χ3n) is 3.35. The van der Waals surface area contributed by atoms with Gasteiger partial charge in [0.25, 0.3) is 0 Å². The summed E-state index contributed by atoms with van der Waals surface area (Å²) in [6, 6.07) is 13.6. The van der Waals surface area contributed by atoms with Gasteiger partial charge in [-0.2, -0.15) is 5.10 Å². The Kier molecular flexibility index (Phi) is 4.04. The van der Waals surface area contributed by atoms with Crippen LogP contribution in [0.5, 0.6) is 5.75 Å². The Morgan fingerprint density at radius 3 is 2.76 bits per heavy atom. The smallest absolute Gasteiger partial charge is 0.138 e. The van der Waals surface area contributed by atoms with Crippen LogP contribution in [0.15, 0.2) is 42.5 Å². The van der Waals surface area contributed by atoms with Crippen molar-refractivity contribution < 1.29 is 4.74 Å². The van der Waals surface area contributed by atoms with E-state index in [1.54, 1.807) is 0 Å². The van der Waals surface area contributed by atoms with Gasteiger partial charge in [-0.15, -0.1) is 11.6 Å². The standard InChI is InChI=1S/C16H14Cl2N2O/c1-20-15-5-3-2-4-12(15)14(19-20)10-21-16-7-6-11(9-17)8-13(16)18/h2-8H,9-10H2,1H3. The first kappa shape index (κ1) is 14.2. The van der Waals surface area contributed by atoms with Gasteiger partial charge < -0.3 is 4.74 Å². The summed E-state index contributed by atoms with van der Waals surface area (Å²) < 4.78 is 7.65. The van der Waals surface area contributed by atoms with Crippen molar-refractivity contribution in [3.63, 3.8) is 0 Å². The highest BCUT2D eigenvalue weighted by atomic mass is 35.5. The number of hydrogen-bond acceptors (Lipinski definition) is 2. The van der Waals surface area contributed by atoms with Gasteiger partial charge >= 0.3 is 0 Å². The van der Waals surface area contributed by atoms with E-state index in [1.165, 1.54) is 0 Å². The van der Waals surface area contributed by atoms with Crippen molar-refractivity contribution in [2.75, 3.05) is 0 Å². The number of rotatable bonds is 4. The monoisotopic (exact) mass is 320 g/mol. The largest absolute Gasteiger partial charge is 0.486 e. The minimum atomic E-state index is 0.376. The Bertz CT molecular complexity index is 783. The maximum absolute atomic E-state index is 6.19. The summed E-state index contributed by atoms with van der Waals surface area (Å²) >= 11 is 12.0. The first-order chi connectivity index (χ1) is 10.2. The van der Waals surface area contributed by atoms with Crippen LogP contribution in [0.1, 0.15) is 11.3 Å². The van der Waals surface area contributed by atoms with Crippen LogP contribution in [0.2, 0.25) is 5.02 Å². The number of ether oxygens (including phenoxy) is 1. The first-order valence-electron chi connectivity index (χ1n) is 6.57. The van der Waals surface area contributed by atoms with E-state index in [4.69, 9.17) is 27.9 Å². The Balaban J connectivity index is 1.84. The van der Waals surface area contributed by atoms with Crippen molar-refractivity contribution in [2.45, 2.75) is 12.5 Å². The van der Waals surface area contributed by atoms with E-state index in [9.17, 15) is 0 Å². The molecule has 0 unspecified atom stereocenters. The summed E-state index contributed by atoms with van der Waals surface area (Å²) in [7, 11) is 1.92. The summed E-state index contributed by atoms with van der Waals surface area (Å²) in [6.45, 7) is 0.376. The summed E-state index contributed by atoms with van der Waals surface area (Å²) in [4.78, 5) is 0. The zero-order valence-electron chi connectivity index (χ0n) is 11.5. The third kappa shape index (κ3) is 2.85. The maximum atomic E-state index is 6.19. The van der Waals surface area contributed by atoms with Gasteiger partial charge in [0.05, 0.1) is 10.5 Å². The summed E-state index contributed by atoms with van der Waals surface area (Å²) in [5.74, 6) is 1.07. The number of halogens is 2. The zero-order valence-corrected chi connectivity index (χ0v) is 13.0. The molecule has 0 aliphatic rings. The molecule has 0 atom stereocenters. The number of nitrogens with zero attached hydrogens (tertiary/aromatic N) is 2. The number of aromatic nitrogens is 2. The number of aryl methyl sites for hydroxylation is 1. The van der Waals surface area contributed by atoms with E-state index in [1.807, 2.05) is 54.2 Å². The molecule has 0 spiro atoms. The zero-order chi connectivity index (χ0) is 14.8. The van der Waals surface area contributed by atoms with Crippen LogP contribution in [-0.2, 0) is 19.5 Å². The van der Waals surface area contributed by atoms with Crippen LogP contribution in [0.3, 0.4) is 0 Å². The predicted molar refractivity (Wildman–Crippen MR) is 86.1 cm³/mol. The minimum Gasteiger partial charge on any atom is -0.486 e. The molecule has 0 saturated heterocycles. The second-order valence-electron chi connectivity index (χ2n) is 4.77. The van der Waals surface area contributed by atoms with Crippen molar-refractivity contribution >= 4 is 34.1 Å². The Morgan fingerprint density at radius 2 is 2.00 bits per heavy atom. The van der Waals surface area contributed by atoms with E-state index in [0.29, 0.717) is 23.3 Å². The fraction of sp³-hybridized carbons (Fsp3) is 0.188. The molecule has 2 aromatic carbocycles. The molecule has 5 heteroatoms. The molecule has 0 bridgehead atoms. The van der Waals surface area contributed by atoms with Crippen molar-refractivity contribution in [1.29, 1.82) is 0 Å². The third-order valence-corrected chi connectivity index (χ3v) is 3.95. The van der Waals surface area contributed by atoms with Gasteiger partial charge in [0.15, 0.2) is 0 Å². The molecule has 1 aromatic heterocycles. The highest BCUT2D eigenvalue weighted by Crippen LogP contribution is 2.27. The van der Waals surface area contributed by atoms with Crippen LogP contribution in [0.4, 0.5) is 0 Å². The average molecular weight is 321 g/mol. The van der Waals surface area contributed by atoms with Gasteiger partial charge in [-0.25, -0.2) is 0 Å². The van der Waals surface area contributed by atoms with E-state index in [0.717, 1.165) is 22.2 Å². The average Bonchev–Trinajstić information content (AvgIpc) is 2.83. The SMILES string of the molecule is Cn1nc(COc2ccc(CCl)cc2Cl)c2ccccc21. The molecule has 21 heavy (non-hydrogen) atoms. The minimum absolute atomic E-state index is 0.376. The summed E-state index contributed by atoms with van der Waals surface area (Å²) in [6.07, 6.45) is 0. The van der Waals surface area contributed by atoms with Gasteiger partial charge in [0.1, 0.15) is 18.1 Å². The lowest BCUT2D eigenvalue weighted by molar-refractivity contribution is 0.301. The van der Waals surface area contributed by atoms with Gasteiger partial charge in [-0.05, 0) is 23.8 Å². The number of alkyl halides is 1. The molecule has 0 N–H and O–H groups in total. The van der Waals surface area contributed by atoms with Crippen LogP contribution < -0.4 is 4.74 Å². The Labute approximate surface area is 133 Å². The molecule has 0 radical (unpaired) electrons. The van der Waals surface area contributed by atoms with E-state index in [-0.39, 0.29) is 0 Å². The lowest BCUT2D eigenvalue weighted by Crippen LogP contribution is -1.99. The number of benzene rings is 2. The first-order valence-corrected chi connectivity index (χ1v) is 7.48. The topological polar surface area (TPSA) is 27.1 Å². The highest BCUT2D eigenvalue weighted by Gasteiger charge is 2.10. The van der Waals surface area contributed by atoms with Gasteiger partial charge in [-0.3, -0.25) is 4.68 Å². The molecule has 0 fully saturated rings. The van der Waals surface area contributed by atoms with E-state index in [2.05, 4.69) is 5.10 Å². The molecule has 3 aromatic rings. The van der Waals surface area contributed by atoms with Gasteiger partial charge in [0.2, 0.25) is 0 Å². The fourth-order valence-electron chi connectivity index (χ4n) is 2.29. The molecule has 108 valence electrons. The van der Waals surface area contributed by atoms with Gasteiger partial charge in [-0.1, -0.05) is 35.9 Å². The van der Waals surface area contributed by atoms with Crippen molar-refractivity contribution in [1.82, 2.24) is 9.78 Å². The number of fused-ring (bicyclic) bond motifs is 1. The van der Waals surface area contributed by atoms with E-state index < -0.39 is 0 Å². The molecule has 3 nitrogen and oxygen atoms in total. The molecular weight excluding hydrogens is 307 g/mol. The maximum Gasteiger partial charge on any atom is 0.138 e. The van der Waals surface area contributed by atoms with Crippen molar-refractivity contribution in [2.24, 2.45) is 7.05 Å². The molecular formula is C16H14Cl2N2O. The summed E-state index contributed by atoms with van der Waals surface area (Å²) in [5, 5.41) is 6.15. The second-order valence-corrected chi connectivity index (χ2v) is 5.45. The normalized spacial score (nSPS) is 11.0. The Hall–Kier alpha value is -1.71. The van der Waals surface area contributed by atoms with E-state index >= 15 is 0 Å². The van der Waals surface area contributed by atoms with Crippen LogP contribution in [0, 0.1) is 0 Å². The van der Waals surface area contributed by atoms with Crippen molar-refractivity contribution in [3.8, 4) is 5.75 Å². The molecule has 0 aliphatic carbocycles. The lowest BCUT2D eigenvalue weighted by Gasteiger charge is -2.07. The van der Waals surface area contributed by atoms with Crippen molar-refractivity contribution in [3.05, 3.63) is 58.7 Å². The molecule has 0 amide bonds. The fourth-order valence-corrected chi connectivity index (χ4v) is 2.71. The van der Waals surface area contributed by atoms with Crippen LogP contribution in [-0.4, -0.2) is 9.78 Å². The molecule has 3 rings (SSSR count). The molecule has 0 saturated carbocycles. The lowest BCUT2D eigenvalue weighted by atomic mass is 10.2. The second kappa shape index (κ2) is 5.96. The number of hydrogen-bond donors (Lipinski definition) is 0. The molecule has 1 heterocycles. The Morgan fingerprint density at radius 1 is 1.19 bits per heavy atom. The quantitative estimate of drug-likeness (QED) is 0.660. The molecule has 0 aliphatic heterocycles. The highest BCUT2D eigenvalue weighted by molar-refractivity contribution is 6.32. The summed E-state index contributed by atoms with van der Waals surface area (Å²) in [5.41, 5.74) is 2.95. The number of para-hydroxylation sites is 1.